The molecule has 128 valence electrons. The lowest BCUT2D eigenvalue weighted by Gasteiger charge is -2.13. The number of para-hydroxylation sites is 2. The van der Waals surface area contributed by atoms with Gasteiger partial charge in [0.1, 0.15) is 11.6 Å². The topological polar surface area (TPSA) is 72.0 Å². The van der Waals surface area contributed by atoms with E-state index in [9.17, 15) is 0 Å². The van der Waals surface area contributed by atoms with Crippen LogP contribution in [0.25, 0.3) is 0 Å². The summed E-state index contributed by atoms with van der Waals surface area (Å²) in [5.74, 6) is 2.10. The molecule has 2 N–H and O–H groups in total. The largest absolute Gasteiger partial charge is 0.492 e. The molecule has 3 aromatic rings. The fourth-order valence-electron chi connectivity index (χ4n) is 2.38. The molecular formula is C19H21N5O. The second-order valence-corrected chi connectivity index (χ2v) is 5.48. The van der Waals surface area contributed by atoms with Gasteiger partial charge in [0.25, 0.3) is 0 Å². The number of ether oxygens (including phenoxy) is 1. The first-order valence-electron chi connectivity index (χ1n) is 8.22. The van der Waals surface area contributed by atoms with Crippen LogP contribution in [0.2, 0.25) is 0 Å². The van der Waals surface area contributed by atoms with Gasteiger partial charge in [0, 0.05) is 30.7 Å². The zero-order chi connectivity index (χ0) is 17.5. The molecule has 0 bridgehead atoms. The van der Waals surface area contributed by atoms with Crippen molar-refractivity contribution >= 4 is 17.5 Å². The van der Waals surface area contributed by atoms with E-state index >= 15 is 0 Å². The second kappa shape index (κ2) is 8.10. The highest BCUT2D eigenvalue weighted by Crippen LogP contribution is 2.27. The van der Waals surface area contributed by atoms with Gasteiger partial charge in [-0.2, -0.15) is 4.98 Å². The number of aromatic nitrogens is 3. The van der Waals surface area contributed by atoms with E-state index < -0.39 is 0 Å². The quantitative estimate of drug-likeness (QED) is 0.681. The number of hydrogen-bond acceptors (Lipinski definition) is 6. The minimum atomic E-state index is 0.577. The maximum absolute atomic E-state index is 5.65. The summed E-state index contributed by atoms with van der Waals surface area (Å²) in [7, 11) is 0. The van der Waals surface area contributed by atoms with E-state index in [0.29, 0.717) is 19.1 Å². The number of pyridine rings is 1. The smallest absolute Gasteiger partial charge is 0.225 e. The number of aryl methyl sites for hydroxylation is 1. The van der Waals surface area contributed by atoms with Crippen LogP contribution >= 0.6 is 0 Å². The minimum Gasteiger partial charge on any atom is -0.492 e. The Hall–Kier alpha value is -3.15. The van der Waals surface area contributed by atoms with Crippen LogP contribution in [0.4, 0.5) is 17.5 Å². The van der Waals surface area contributed by atoms with Gasteiger partial charge in [0.2, 0.25) is 5.95 Å². The molecule has 1 aromatic carbocycles. The lowest BCUT2D eigenvalue weighted by molar-refractivity contribution is 0.342. The van der Waals surface area contributed by atoms with Gasteiger partial charge in [-0.1, -0.05) is 12.1 Å². The molecule has 0 saturated heterocycles. The summed E-state index contributed by atoms with van der Waals surface area (Å²) < 4.78 is 5.65. The zero-order valence-corrected chi connectivity index (χ0v) is 14.4. The molecule has 0 aliphatic heterocycles. The van der Waals surface area contributed by atoms with Crippen molar-refractivity contribution < 1.29 is 4.74 Å². The molecule has 2 heterocycles. The monoisotopic (exact) mass is 335 g/mol. The Kier molecular flexibility index (Phi) is 5.41. The van der Waals surface area contributed by atoms with E-state index in [0.717, 1.165) is 28.5 Å². The molecule has 0 atom stereocenters. The third-order valence-electron chi connectivity index (χ3n) is 3.50. The molecular weight excluding hydrogens is 314 g/mol. The Morgan fingerprint density at radius 1 is 1.04 bits per heavy atom. The highest BCUT2D eigenvalue weighted by molar-refractivity contribution is 5.64. The summed E-state index contributed by atoms with van der Waals surface area (Å²) in [6.07, 6.45) is 3.54. The van der Waals surface area contributed by atoms with E-state index in [1.807, 2.05) is 56.3 Å². The molecule has 3 rings (SSSR count). The molecule has 6 heteroatoms. The molecule has 0 unspecified atom stereocenters. The highest BCUT2D eigenvalue weighted by Gasteiger charge is 2.06. The molecule has 0 fully saturated rings. The third kappa shape index (κ3) is 4.67. The average molecular weight is 335 g/mol. The van der Waals surface area contributed by atoms with Crippen molar-refractivity contribution in [1.82, 2.24) is 15.0 Å². The first kappa shape index (κ1) is 16.7. The van der Waals surface area contributed by atoms with Crippen LogP contribution in [0.3, 0.4) is 0 Å². The molecule has 0 amide bonds. The van der Waals surface area contributed by atoms with Crippen molar-refractivity contribution in [2.24, 2.45) is 0 Å². The van der Waals surface area contributed by atoms with Gasteiger partial charge in [-0.05, 0) is 43.7 Å². The Labute approximate surface area is 147 Å². The predicted molar refractivity (Wildman–Crippen MR) is 99.2 cm³/mol. The fraction of sp³-hybridized carbons (Fsp3) is 0.211. The van der Waals surface area contributed by atoms with E-state index in [4.69, 9.17) is 4.74 Å². The Morgan fingerprint density at radius 2 is 1.84 bits per heavy atom. The van der Waals surface area contributed by atoms with Gasteiger partial charge in [-0.25, -0.2) is 4.98 Å². The van der Waals surface area contributed by atoms with Gasteiger partial charge in [-0.3, -0.25) is 4.98 Å². The summed E-state index contributed by atoms with van der Waals surface area (Å²) in [4.78, 5) is 13.0. The Morgan fingerprint density at radius 3 is 2.64 bits per heavy atom. The van der Waals surface area contributed by atoms with Crippen molar-refractivity contribution in [2.45, 2.75) is 20.4 Å². The molecule has 0 aliphatic carbocycles. The Bertz CT molecular complexity index is 823. The standard InChI is InChI=1S/C19H21N5O/c1-3-25-17-7-5-4-6-16(17)23-18-12-14(2)22-19(24-18)21-13-15-8-10-20-11-9-15/h4-12H,3,13H2,1-2H3,(H2,21,22,23,24). The second-order valence-electron chi connectivity index (χ2n) is 5.48. The summed E-state index contributed by atoms with van der Waals surface area (Å²) in [5.41, 5.74) is 2.88. The molecule has 0 spiro atoms. The summed E-state index contributed by atoms with van der Waals surface area (Å²) in [6.45, 7) is 5.16. The number of hydrogen-bond donors (Lipinski definition) is 2. The first-order valence-corrected chi connectivity index (χ1v) is 8.22. The van der Waals surface area contributed by atoms with Crippen LogP contribution in [-0.2, 0) is 6.54 Å². The van der Waals surface area contributed by atoms with Crippen LogP contribution < -0.4 is 15.4 Å². The maximum Gasteiger partial charge on any atom is 0.225 e. The zero-order valence-electron chi connectivity index (χ0n) is 14.4. The lowest BCUT2D eigenvalue weighted by atomic mass is 10.3. The molecule has 0 radical (unpaired) electrons. The number of benzene rings is 1. The number of nitrogens with zero attached hydrogens (tertiary/aromatic N) is 3. The SMILES string of the molecule is CCOc1ccccc1Nc1cc(C)nc(NCc2ccncc2)n1. The van der Waals surface area contributed by atoms with Crippen molar-refractivity contribution in [3.63, 3.8) is 0 Å². The van der Waals surface area contributed by atoms with Gasteiger partial charge >= 0.3 is 0 Å². The van der Waals surface area contributed by atoms with Crippen molar-refractivity contribution in [3.8, 4) is 5.75 Å². The van der Waals surface area contributed by atoms with Crippen molar-refractivity contribution in [2.75, 3.05) is 17.2 Å². The molecule has 6 nitrogen and oxygen atoms in total. The van der Waals surface area contributed by atoms with Crippen LogP contribution in [-0.4, -0.2) is 21.6 Å². The molecule has 2 aromatic heterocycles. The van der Waals surface area contributed by atoms with Crippen LogP contribution in [0.5, 0.6) is 5.75 Å². The predicted octanol–water partition coefficient (Wildman–Crippen LogP) is 3.93. The summed E-state index contributed by atoms with van der Waals surface area (Å²) in [6, 6.07) is 13.6. The number of anilines is 3. The van der Waals surface area contributed by atoms with E-state index in [1.54, 1.807) is 12.4 Å². The maximum atomic E-state index is 5.65. The van der Waals surface area contributed by atoms with Crippen LogP contribution in [0.1, 0.15) is 18.2 Å². The fourth-order valence-corrected chi connectivity index (χ4v) is 2.38. The van der Waals surface area contributed by atoms with Gasteiger partial charge in [0.05, 0.1) is 12.3 Å². The lowest BCUT2D eigenvalue weighted by Crippen LogP contribution is -2.07. The summed E-state index contributed by atoms with van der Waals surface area (Å²) in [5, 5.41) is 6.56. The first-order chi connectivity index (χ1) is 12.2. The number of nitrogens with one attached hydrogen (secondary N) is 2. The van der Waals surface area contributed by atoms with Crippen LogP contribution in [0, 0.1) is 6.92 Å². The van der Waals surface area contributed by atoms with Crippen molar-refractivity contribution in [3.05, 3.63) is 66.1 Å². The Balaban J connectivity index is 1.75. The van der Waals surface area contributed by atoms with Crippen LogP contribution in [0.15, 0.2) is 54.9 Å². The average Bonchev–Trinajstić information content (AvgIpc) is 2.62. The minimum absolute atomic E-state index is 0.577. The molecule has 25 heavy (non-hydrogen) atoms. The van der Waals surface area contributed by atoms with Gasteiger partial charge < -0.3 is 15.4 Å². The van der Waals surface area contributed by atoms with E-state index in [2.05, 4.69) is 25.6 Å². The van der Waals surface area contributed by atoms with Gasteiger partial charge in [0.15, 0.2) is 0 Å². The molecule has 0 saturated carbocycles. The number of rotatable bonds is 7. The third-order valence-corrected chi connectivity index (χ3v) is 3.50. The van der Waals surface area contributed by atoms with Gasteiger partial charge in [-0.15, -0.1) is 0 Å². The van der Waals surface area contributed by atoms with E-state index in [1.165, 1.54) is 0 Å². The normalized spacial score (nSPS) is 10.3. The molecule has 0 aliphatic rings. The summed E-state index contributed by atoms with van der Waals surface area (Å²) >= 11 is 0. The van der Waals surface area contributed by atoms with Crippen molar-refractivity contribution in [1.29, 1.82) is 0 Å². The highest BCUT2D eigenvalue weighted by atomic mass is 16.5. The van der Waals surface area contributed by atoms with E-state index in [-0.39, 0.29) is 0 Å².